The van der Waals surface area contributed by atoms with Crippen LogP contribution >= 0.6 is 11.6 Å². The van der Waals surface area contributed by atoms with E-state index in [0.29, 0.717) is 30.8 Å². The predicted molar refractivity (Wildman–Crippen MR) is 98.3 cm³/mol. The lowest BCUT2D eigenvalue weighted by Crippen LogP contribution is -2.44. The van der Waals surface area contributed by atoms with Crippen molar-refractivity contribution in [1.29, 1.82) is 0 Å². The Morgan fingerprint density at radius 1 is 1.30 bits per heavy atom. The fourth-order valence-electron chi connectivity index (χ4n) is 3.60. The summed E-state index contributed by atoms with van der Waals surface area (Å²) in [6, 6.07) is 4.44. The van der Waals surface area contributed by atoms with Gasteiger partial charge >= 0.3 is 0 Å². The molecule has 0 radical (unpaired) electrons. The maximum Gasteiger partial charge on any atom is 0.263 e. The highest BCUT2D eigenvalue weighted by molar-refractivity contribution is 6.32. The van der Waals surface area contributed by atoms with Crippen molar-refractivity contribution >= 4 is 17.5 Å². The van der Waals surface area contributed by atoms with Gasteiger partial charge in [0.15, 0.2) is 6.10 Å². The van der Waals surface area contributed by atoms with E-state index in [2.05, 4.69) is 14.8 Å². The third-order valence-corrected chi connectivity index (χ3v) is 5.55. The summed E-state index contributed by atoms with van der Waals surface area (Å²) in [6.07, 6.45) is 5.27. The summed E-state index contributed by atoms with van der Waals surface area (Å²) >= 11 is 5.98. The minimum atomic E-state index is -0.681. The average Bonchev–Trinajstić information content (AvgIpc) is 3.40. The van der Waals surface area contributed by atoms with Crippen LogP contribution in [-0.2, 0) is 4.79 Å². The van der Waals surface area contributed by atoms with E-state index in [4.69, 9.17) is 16.3 Å². The van der Waals surface area contributed by atoms with E-state index in [0.717, 1.165) is 18.7 Å². The first-order chi connectivity index (χ1) is 13.0. The summed E-state index contributed by atoms with van der Waals surface area (Å²) in [7, 11) is 0. The van der Waals surface area contributed by atoms with Gasteiger partial charge in [0.25, 0.3) is 5.91 Å². The standard InChI is InChI=1S/C19H22ClFN4O2/c1-12(27-17-5-2-14(21)10-16(17)20)19(26)24-8-6-13(7-9-24)18-23-22-11-25(18)15-3-4-15/h2,5,10-13,15H,3-4,6-9H2,1H3. The van der Waals surface area contributed by atoms with Crippen LogP contribution in [-0.4, -0.2) is 44.8 Å². The lowest BCUT2D eigenvalue weighted by atomic mass is 9.95. The number of benzene rings is 1. The van der Waals surface area contributed by atoms with Crippen LogP contribution in [0.15, 0.2) is 24.5 Å². The first kappa shape index (κ1) is 18.2. The van der Waals surface area contributed by atoms with Gasteiger partial charge < -0.3 is 14.2 Å². The first-order valence-corrected chi connectivity index (χ1v) is 9.70. The highest BCUT2D eigenvalue weighted by atomic mass is 35.5. The lowest BCUT2D eigenvalue weighted by molar-refractivity contribution is -0.139. The van der Waals surface area contributed by atoms with E-state index >= 15 is 0 Å². The Morgan fingerprint density at radius 3 is 2.70 bits per heavy atom. The third-order valence-electron chi connectivity index (χ3n) is 5.26. The quantitative estimate of drug-likeness (QED) is 0.780. The molecule has 2 aliphatic rings. The highest BCUT2D eigenvalue weighted by Gasteiger charge is 2.33. The maximum absolute atomic E-state index is 13.1. The van der Waals surface area contributed by atoms with Gasteiger partial charge in [-0.2, -0.15) is 0 Å². The SMILES string of the molecule is CC(Oc1ccc(F)cc1Cl)C(=O)N1CCC(c2nncn2C2CC2)CC1. The number of hydrogen-bond acceptors (Lipinski definition) is 4. The van der Waals surface area contributed by atoms with Crippen LogP contribution in [0.25, 0.3) is 0 Å². The Morgan fingerprint density at radius 2 is 2.04 bits per heavy atom. The molecule has 1 saturated carbocycles. The molecule has 4 rings (SSSR count). The molecule has 1 saturated heterocycles. The van der Waals surface area contributed by atoms with Crippen LogP contribution in [0, 0.1) is 5.82 Å². The fraction of sp³-hybridized carbons (Fsp3) is 0.526. The molecule has 1 aromatic heterocycles. The van der Waals surface area contributed by atoms with E-state index in [-0.39, 0.29) is 10.9 Å². The summed E-state index contributed by atoms with van der Waals surface area (Å²) in [5.41, 5.74) is 0. The molecule has 27 heavy (non-hydrogen) atoms. The Kier molecular flexibility index (Phi) is 5.04. The van der Waals surface area contributed by atoms with Gasteiger partial charge in [-0.1, -0.05) is 11.6 Å². The predicted octanol–water partition coefficient (Wildman–Crippen LogP) is 3.58. The number of carbonyl (C=O) groups is 1. The molecular formula is C19H22ClFN4O2. The first-order valence-electron chi connectivity index (χ1n) is 9.33. The molecule has 0 spiro atoms. The second kappa shape index (κ2) is 7.46. The number of aromatic nitrogens is 3. The number of amides is 1. The van der Waals surface area contributed by atoms with Crippen molar-refractivity contribution in [2.75, 3.05) is 13.1 Å². The van der Waals surface area contributed by atoms with Crippen LogP contribution in [0.2, 0.25) is 5.02 Å². The minimum Gasteiger partial charge on any atom is -0.479 e. The number of halogens is 2. The molecule has 144 valence electrons. The Bertz CT molecular complexity index is 831. The number of carbonyl (C=O) groups excluding carboxylic acids is 1. The molecule has 0 N–H and O–H groups in total. The fourth-order valence-corrected chi connectivity index (χ4v) is 3.82. The summed E-state index contributed by atoms with van der Waals surface area (Å²) in [5, 5.41) is 8.55. The van der Waals surface area contributed by atoms with Gasteiger partial charge in [-0.25, -0.2) is 4.39 Å². The average molecular weight is 393 g/mol. The largest absolute Gasteiger partial charge is 0.479 e. The molecule has 2 heterocycles. The van der Waals surface area contributed by atoms with Crippen LogP contribution in [0.3, 0.4) is 0 Å². The van der Waals surface area contributed by atoms with Gasteiger partial charge in [0.2, 0.25) is 0 Å². The second-order valence-corrected chi connectivity index (χ2v) is 7.67. The monoisotopic (exact) mass is 392 g/mol. The Labute approximate surface area is 162 Å². The summed E-state index contributed by atoms with van der Waals surface area (Å²) in [6.45, 7) is 3.01. The molecule has 2 fully saturated rings. The minimum absolute atomic E-state index is 0.0856. The van der Waals surface area contributed by atoms with Gasteiger partial charge in [-0.3, -0.25) is 4.79 Å². The number of rotatable bonds is 5. The van der Waals surface area contributed by atoms with E-state index in [1.807, 2.05) is 11.2 Å². The summed E-state index contributed by atoms with van der Waals surface area (Å²) in [5.74, 6) is 1.17. The number of hydrogen-bond donors (Lipinski definition) is 0. The van der Waals surface area contributed by atoms with Gasteiger partial charge in [0.05, 0.1) is 5.02 Å². The van der Waals surface area contributed by atoms with Crippen molar-refractivity contribution in [3.8, 4) is 5.75 Å². The zero-order chi connectivity index (χ0) is 19.0. The van der Waals surface area contributed by atoms with Crippen LogP contribution < -0.4 is 4.74 Å². The number of nitrogens with zero attached hydrogens (tertiary/aromatic N) is 4. The number of likely N-dealkylation sites (tertiary alicyclic amines) is 1. The molecule has 1 aromatic carbocycles. The zero-order valence-corrected chi connectivity index (χ0v) is 15.9. The molecule has 2 aromatic rings. The van der Waals surface area contributed by atoms with Crippen LogP contribution in [0.1, 0.15) is 50.4 Å². The van der Waals surface area contributed by atoms with Crippen LogP contribution in [0.4, 0.5) is 4.39 Å². The molecule has 8 heteroatoms. The topological polar surface area (TPSA) is 60.2 Å². The molecule has 1 aliphatic carbocycles. The zero-order valence-electron chi connectivity index (χ0n) is 15.1. The second-order valence-electron chi connectivity index (χ2n) is 7.26. The van der Waals surface area contributed by atoms with E-state index in [1.54, 1.807) is 6.92 Å². The molecular weight excluding hydrogens is 371 g/mol. The summed E-state index contributed by atoms with van der Waals surface area (Å²) in [4.78, 5) is 14.5. The van der Waals surface area contributed by atoms with E-state index in [9.17, 15) is 9.18 Å². The molecule has 1 atom stereocenters. The van der Waals surface area contributed by atoms with Crippen molar-refractivity contribution in [2.24, 2.45) is 0 Å². The van der Waals surface area contributed by atoms with Gasteiger partial charge in [0.1, 0.15) is 23.7 Å². The normalized spacial score (nSPS) is 19.1. The van der Waals surface area contributed by atoms with Gasteiger partial charge in [-0.05, 0) is 50.8 Å². The Hall–Kier alpha value is -2.15. The lowest BCUT2D eigenvalue weighted by Gasteiger charge is -2.33. The maximum atomic E-state index is 13.1. The summed E-state index contributed by atoms with van der Waals surface area (Å²) < 4.78 is 21.0. The third kappa shape index (κ3) is 3.93. The van der Waals surface area contributed by atoms with Crippen molar-refractivity contribution in [2.45, 2.75) is 50.7 Å². The van der Waals surface area contributed by atoms with Gasteiger partial charge in [-0.15, -0.1) is 10.2 Å². The van der Waals surface area contributed by atoms with Crippen molar-refractivity contribution in [1.82, 2.24) is 19.7 Å². The van der Waals surface area contributed by atoms with Gasteiger partial charge in [0, 0.05) is 25.0 Å². The molecule has 1 amide bonds. The van der Waals surface area contributed by atoms with Crippen molar-refractivity contribution in [3.05, 3.63) is 41.2 Å². The highest BCUT2D eigenvalue weighted by Crippen LogP contribution is 2.38. The molecule has 6 nitrogen and oxygen atoms in total. The van der Waals surface area contributed by atoms with E-state index in [1.165, 1.54) is 31.0 Å². The molecule has 1 aliphatic heterocycles. The smallest absolute Gasteiger partial charge is 0.263 e. The van der Waals surface area contributed by atoms with Crippen molar-refractivity contribution < 1.29 is 13.9 Å². The van der Waals surface area contributed by atoms with E-state index < -0.39 is 11.9 Å². The molecule has 1 unspecified atom stereocenters. The van der Waals surface area contributed by atoms with Crippen LogP contribution in [0.5, 0.6) is 5.75 Å². The number of ether oxygens (including phenoxy) is 1. The van der Waals surface area contributed by atoms with Crippen molar-refractivity contribution in [3.63, 3.8) is 0 Å². The molecule has 0 bridgehead atoms. The Balaban J connectivity index is 1.34. The number of piperidine rings is 1.